The summed E-state index contributed by atoms with van der Waals surface area (Å²) in [6.07, 6.45) is 1.16. The van der Waals surface area contributed by atoms with Crippen molar-refractivity contribution in [2.24, 2.45) is 0 Å². The van der Waals surface area contributed by atoms with E-state index in [1.807, 2.05) is 0 Å². The van der Waals surface area contributed by atoms with Crippen LogP contribution in [-0.4, -0.2) is 23.0 Å². The summed E-state index contributed by atoms with van der Waals surface area (Å²) in [5.41, 5.74) is 0.264. The minimum Gasteiger partial charge on any atom is -0.481 e. The molecule has 1 aromatic carbocycles. The fraction of sp³-hybridized carbons (Fsp3) is 0.385. The smallest absolute Gasteiger partial charge is 0.303 e. The predicted molar refractivity (Wildman–Crippen MR) is 64.8 cm³/mol. The van der Waals surface area contributed by atoms with E-state index in [-0.39, 0.29) is 23.9 Å². The highest BCUT2D eigenvalue weighted by atomic mass is 19.1. The van der Waals surface area contributed by atoms with Crippen LogP contribution >= 0.6 is 0 Å². The molecule has 1 aromatic rings. The average Bonchev–Trinajstić information content (AvgIpc) is 2.28. The largest absolute Gasteiger partial charge is 0.481 e. The van der Waals surface area contributed by atoms with Crippen LogP contribution in [0, 0.1) is 5.82 Å². The van der Waals surface area contributed by atoms with Gasteiger partial charge in [0.05, 0.1) is 0 Å². The number of halogens is 1. The molecule has 0 bridgehead atoms. The zero-order valence-corrected chi connectivity index (χ0v) is 10.1. The van der Waals surface area contributed by atoms with Gasteiger partial charge in [-0.2, -0.15) is 0 Å². The summed E-state index contributed by atoms with van der Waals surface area (Å²) in [5, 5.41) is 11.2. The van der Waals surface area contributed by atoms with Crippen molar-refractivity contribution in [3.63, 3.8) is 0 Å². The molecule has 0 aliphatic rings. The van der Waals surface area contributed by atoms with Crippen LogP contribution in [0.4, 0.5) is 4.39 Å². The van der Waals surface area contributed by atoms with Gasteiger partial charge in [-0.15, -0.1) is 0 Å². The van der Waals surface area contributed by atoms with Gasteiger partial charge in [-0.1, -0.05) is 6.07 Å². The molecule has 1 rings (SSSR count). The van der Waals surface area contributed by atoms with Gasteiger partial charge in [-0.05, 0) is 38.0 Å². The molecule has 1 atom stereocenters. The number of hydrogen-bond donors (Lipinski definition) is 2. The Kier molecular flexibility index (Phi) is 5.30. The highest BCUT2D eigenvalue weighted by Crippen LogP contribution is 2.05. The highest BCUT2D eigenvalue weighted by Gasteiger charge is 2.10. The molecule has 0 spiro atoms. The van der Waals surface area contributed by atoms with Gasteiger partial charge < -0.3 is 10.4 Å². The number of carbonyl (C=O) groups excluding carboxylic acids is 1. The summed E-state index contributed by atoms with van der Waals surface area (Å²) < 4.78 is 12.9. The number of carbonyl (C=O) groups is 2. The third kappa shape index (κ3) is 4.95. The molecule has 98 valence electrons. The molecule has 5 heteroatoms. The molecule has 0 saturated carbocycles. The van der Waals surface area contributed by atoms with Crippen LogP contribution in [0.2, 0.25) is 0 Å². The summed E-state index contributed by atoms with van der Waals surface area (Å²) >= 11 is 0. The van der Waals surface area contributed by atoms with Crippen LogP contribution < -0.4 is 5.32 Å². The van der Waals surface area contributed by atoms with Gasteiger partial charge >= 0.3 is 5.97 Å². The summed E-state index contributed by atoms with van der Waals surface area (Å²) in [5.74, 6) is -1.66. The number of benzene rings is 1. The first-order valence-corrected chi connectivity index (χ1v) is 5.77. The lowest BCUT2D eigenvalue weighted by Gasteiger charge is -2.13. The van der Waals surface area contributed by atoms with Gasteiger partial charge in [-0.3, -0.25) is 9.59 Å². The van der Waals surface area contributed by atoms with E-state index in [2.05, 4.69) is 5.32 Å². The Hall–Kier alpha value is -1.91. The summed E-state index contributed by atoms with van der Waals surface area (Å²) in [7, 11) is 0. The van der Waals surface area contributed by atoms with E-state index >= 15 is 0 Å². The Morgan fingerprint density at radius 3 is 2.78 bits per heavy atom. The fourth-order valence-electron chi connectivity index (χ4n) is 1.57. The van der Waals surface area contributed by atoms with Crippen LogP contribution in [-0.2, 0) is 4.79 Å². The first kappa shape index (κ1) is 14.2. The number of amides is 1. The lowest BCUT2D eigenvalue weighted by atomic mass is 10.1. The van der Waals surface area contributed by atoms with Gasteiger partial charge in [0.15, 0.2) is 0 Å². The molecule has 1 unspecified atom stereocenters. The second-order valence-corrected chi connectivity index (χ2v) is 4.17. The van der Waals surface area contributed by atoms with Gasteiger partial charge in [0.2, 0.25) is 0 Å². The minimum atomic E-state index is -0.848. The molecule has 1 amide bonds. The first-order chi connectivity index (χ1) is 8.49. The Morgan fingerprint density at radius 1 is 1.44 bits per heavy atom. The number of carboxylic acids is 1. The predicted octanol–water partition coefficient (Wildman–Crippen LogP) is 2.20. The Bertz CT molecular complexity index is 434. The molecule has 4 nitrogen and oxygen atoms in total. The number of hydrogen-bond acceptors (Lipinski definition) is 2. The third-order valence-corrected chi connectivity index (χ3v) is 2.49. The molecule has 0 aliphatic heterocycles. The van der Waals surface area contributed by atoms with E-state index in [0.717, 1.165) is 0 Å². The van der Waals surface area contributed by atoms with E-state index < -0.39 is 11.8 Å². The standard InChI is InChI=1S/C13H16FNO3/c1-9(4-2-7-12(16)17)15-13(18)10-5-3-6-11(14)8-10/h3,5-6,8-9H,2,4,7H2,1H3,(H,15,18)(H,16,17). The fourth-order valence-corrected chi connectivity index (χ4v) is 1.57. The van der Waals surface area contributed by atoms with Crippen molar-refractivity contribution in [1.29, 1.82) is 0 Å². The molecular formula is C13H16FNO3. The molecule has 0 radical (unpaired) electrons. The van der Waals surface area contributed by atoms with Crippen LogP contribution in [0.5, 0.6) is 0 Å². The summed E-state index contributed by atoms with van der Waals surface area (Å²) in [4.78, 5) is 22.0. The zero-order valence-electron chi connectivity index (χ0n) is 10.1. The van der Waals surface area contributed by atoms with Crippen LogP contribution in [0.15, 0.2) is 24.3 Å². The second-order valence-electron chi connectivity index (χ2n) is 4.17. The van der Waals surface area contributed by atoms with Gasteiger partial charge in [0.25, 0.3) is 5.91 Å². The SMILES string of the molecule is CC(CCCC(=O)O)NC(=O)c1cccc(F)c1. The topological polar surface area (TPSA) is 66.4 Å². The maximum absolute atomic E-state index is 12.9. The number of rotatable bonds is 6. The molecule has 0 saturated heterocycles. The zero-order chi connectivity index (χ0) is 13.5. The molecule has 0 aliphatic carbocycles. The molecule has 18 heavy (non-hydrogen) atoms. The van der Waals surface area contributed by atoms with Crippen molar-refractivity contribution in [1.82, 2.24) is 5.32 Å². The monoisotopic (exact) mass is 253 g/mol. The quantitative estimate of drug-likeness (QED) is 0.816. The van der Waals surface area contributed by atoms with Crippen molar-refractivity contribution < 1.29 is 19.1 Å². The van der Waals surface area contributed by atoms with Crippen LogP contribution in [0.3, 0.4) is 0 Å². The Morgan fingerprint density at radius 2 is 2.17 bits per heavy atom. The van der Waals surface area contributed by atoms with Gasteiger partial charge in [0, 0.05) is 18.0 Å². The van der Waals surface area contributed by atoms with E-state index in [1.165, 1.54) is 24.3 Å². The Labute approximate surface area is 105 Å². The van der Waals surface area contributed by atoms with Gasteiger partial charge in [-0.25, -0.2) is 4.39 Å². The van der Waals surface area contributed by atoms with Crippen molar-refractivity contribution in [3.05, 3.63) is 35.6 Å². The third-order valence-electron chi connectivity index (χ3n) is 2.49. The second kappa shape index (κ2) is 6.74. The van der Waals surface area contributed by atoms with Crippen LogP contribution in [0.25, 0.3) is 0 Å². The lowest BCUT2D eigenvalue weighted by molar-refractivity contribution is -0.137. The van der Waals surface area contributed by atoms with E-state index in [0.29, 0.717) is 12.8 Å². The van der Waals surface area contributed by atoms with Crippen molar-refractivity contribution in [2.45, 2.75) is 32.2 Å². The highest BCUT2D eigenvalue weighted by molar-refractivity contribution is 5.94. The maximum atomic E-state index is 12.9. The molecule has 0 fully saturated rings. The molecule has 0 heterocycles. The number of aliphatic carboxylic acids is 1. The molecule has 0 aromatic heterocycles. The number of nitrogens with one attached hydrogen (secondary N) is 1. The average molecular weight is 253 g/mol. The van der Waals surface area contributed by atoms with Gasteiger partial charge in [0.1, 0.15) is 5.82 Å². The molecular weight excluding hydrogens is 237 g/mol. The summed E-state index contributed by atoms with van der Waals surface area (Å²) in [6.45, 7) is 1.79. The van der Waals surface area contributed by atoms with Crippen molar-refractivity contribution in [2.75, 3.05) is 0 Å². The van der Waals surface area contributed by atoms with Crippen molar-refractivity contribution >= 4 is 11.9 Å². The molecule has 2 N–H and O–H groups in total. The van der Waals surface area contributed by atoms with E-state index in [1.54, 1.807) is 6.92 Å². The lowest BCUT2D eigenvalue weighted by Crippen LogP contribution is -2.32. The van der Waals surface area contributed by atoms with E-state index in [4.69, 9.17) is 5.11 Å². The maximum Gasteiger partial charge on any atom is 0.303 e. The minimum absolute atomic E-state index is 0.0835. The van der Waals surface area contributed by atoms with Crippen molar-refractivity contribution in [3.8, 4) is 0 Å². The summed E-state index contributed by atoms with van der Waals surface area (Å²) in [6, 6.07) is 5.30. The first-order valence-electron chi connectivity index (χ1n) is 5.77. The normalized spacial score (nSPS) is 11.9. The Balaban J connectivity index is 2.42. The van der Waals surface area contributed by atoms with E-state index in [9.17, 15) is 14.0 Å². The van der Waals surface area contributed by atoms with Crippen LogP contribution in [0.1, 0.15) is 36.5 Å². The number of carboxylic acid groups (broad SMARTS) is 1.